The van der Waals surface area contributed by atoms with Gasteiger partial charge < -0.3 is 15.5 Å². The molecule has 0 spiro atoms. The van der Waals surface area contributed by atoms with Crippen LogP contribution in [0.2, 0.25) is 0 Å². The van der Waals surface area contributed by atoms with Crippen molar-refractivity contribution in [3.63, 3.8) is 0 Å². The summed E-state index contributed by atoms with van der Waals surface area (Å²) in [5.74, 6) is -2.28. The Bertz CT molecular complexity index is 484. The molecule has 1 aromatic rings. The van der Waals surface area contributed by atoms with Crippen LogP contribution in [0.3, 0.4) is 0 Å². The van der Waals surface area contributed by atoms with E-state index in [1.54, 1.807) is 6.92 Å². The van der Waals surface area contributed by atoms with E-state index in [2.05, 4.69) is 5.32 Å². The highest BCUT2D eigenvalue weighted by Gasteiger charge is 2.17. The van der Waals surface area contributed by atoms with Crippen molar-refractivity contribution in [2.24, 2.45) is 0 Å². The van der Waals surface area contributed by atoms with Crippen LogP contribution in [0.5, 0.6) is 0 Å². The second-order valence-corrected chi connectivity index (χ2v) is 3.97. The van der Waals surface area contributed by atoms with Crippen molar-refractivity contribution >= 4 is 11.9 Å². The minimum atomic E-state index is -1.23. The summed E-state index contributed by atoms with van der Waals surface area (Å²) in [4.78, 5) is 21.5. The normalized spacial score (nSPS) is 14.1. The van der Waals surface area contributed by atoms with Crippen LogP contribution in [0.25, 0.3) is 0 Å². The molecule has 2 unspecified atom stereocenters. The van der Waals surface area contributed by atoms with Crippen LogP contribution < -0.4 is 5.32 Å². The summed E-state index contributed by atoms with van der Waals surface area (Å²) >= 11 is 0. The molecule has 0 fully saturated rings. The molecule has 0 saturated heterocycles. The van der Waals surface area contributed by atoms with E-state index in [1.807, 2.05) is 0 Å². The smallest absolute Gasteiger partial charge is 0.328 e. The number of carboxylic acid groups (broad SMARTS) is 1. The van der Waals surface area contributed by atoms with Gasteiger partial charge in [-0.1, -0.05) is 12.1 Å². The van der Waals surface area contributed by atoms with Gasteiger partial charge in [0.1, 0.15) is 5.82 Å². The van der Waals surface area contributed by atoms with Crippen molar-refractivity contribution in [3.05, 3.63) is 47.8 Å². The topological polar surface area (TPSA) is 86.6 Å². The maximum absolute atomic E-state index is 12.7. The number of benzene rings is 1. The van der Waals surface area contributed by atoms with Crippen molar-refractivity contribution in [1.82, 2.24) is 5.32 Å². The van der Waals surface area contributed by atoms with Gasteiger partial charge in [0.25, 0.3) is 0 Å². The number of carbonyl (C=O) groups is 2. The van der Waals surface area contributed by atoms with Crippen LogP contribution in [0.4, 0.5) is 4.39 Å². The molecule has 6 heteroatoms. The fourth-order valence-corrected chi connectivity index (χ4v) is 1.45. The van der Waals surface area contributed by atoms with Crippen molar-refractivity contribution in [2.75, 3.05) is 0 Å². The van der Waals surface area contributed by atoms with Crippen LogP contribution >= 0.6 is 0 Å². The van der Waals surface area contributed by atoms with E-state index in [-0.39, 0.29) is 0 Å². The maximum Gasteiger partial charge on any atom is 0.328 e. The lowest BCUT2D eigenvalue weighted by molar-refractivity contribution is -0.131. The van der Waals surface area contributed by atoms with Crippen molar-refractivity contribution in [3.8, 4) is 0 Å². The fraction of sp³-hybridized carbons (Fsp3) is 0.231. The quantitative estimate of drug-likeness (QED) is 0.695. The molecule has 2 atom stereocenters. The molecule has 1 aromatic carbocycles. The molecule has 0 aromatic heterocycles. The highest BCUT2D eigenvalue weighted by Crippen LogP contribution is 2.16. The third-order valence-corrected chi connectivity index (χ3v) is 2.43. The summed E-state index contributed by atoms with van der Waals surface area (Å²) in [6.45, 7) is 1.56. The lowest BCUT2D eigenvalue weighted by Crippen LogP contribution is -2.36. The van der Waals surface area contributed by atoms with Crippen LogP contribution in [0.1, 0.15) is 18.6 Å². The van der Waals surface area contributed by atoms with E-state index in [9.17, 15) is 19.1 Å². The zero-order chi connectivity index (χ0) is 14.4. The SMILES string of the molecule is CC(NC(=O)C=CC(=O)O)C(O)c1ccc(F)cc1. The summed E-state index contributed by atoms with van der Waals surface area (Å²) in [5, 5.41) is 20.7. The zero-order valence-corrected chi connectivity index (χ0v) is 10.2. The Balaban J connectivity index is 2.62. The molecule has 0 aliphatic rings. The Hall–Kier alpha value is -2.21. The van der Waals surface area contributed by atoms with Gasteiger partial charge in [0, 0.05) is 12.2 Å². The van der Waals surface area contributed by atoms with Gasteiger partial charge in [0.15, 0.2) is 0 Å². The predicted molar refractivity (Wildman–Crippen MR) is 65.7 cm³/mol. The molecular formula is C13H14FNO4. The molecular weight excluding hydrogens is 253 g/mol. The first-order valence-electron chi connectivity index (χ1n) is 5.55. The Morgan fingerprint density at radius 3 is 2.37 bits per heavy atom. The number of rotatable bonds is 5. The van der Waals surface area contributed by atoms with Gasteiger partial charge >= 0.3 is 5.97 Å². The standard InChI is InChI=1S/C13H14FNO4/c1-8(15-11(16)6-7-12(17)18)13(19)9-2-4-10(14)5-3-9/h2-8,13,19H,1H3,(H,15,16)(H,17,18). The van der Waals surface area contributed by atoms with Crippen LogP contribution in [0, 0.1) is 5.82 Å². The van der Waals surface area contributed by atoms with Gasteiger partial charge in [-0.2, -0.15) is 0 Å². The summed E-state index contributed by atoms with van der Waals surface area (Å²) in [6, 6.07) is 4.59. The van der Waals surface area contributed by atoms with E-state index >= 15 is 0 Å². The molecule has 1 rings (SSSR count). The summed E-state index contributed by atoms with van der Waals surface area (Å²) in [7, 11) is 0. The van der Waals surface area contributed by atoms with Crippen molar-refractivity contribution in [1.29, 1.82) is 0 Å². The van der Waals surface area contributed by atoms with Gasteiger partial charge in [-0.15, -0.1) is 0 Å². The van der Waals surface area contributed by atoms with Gasteiger partial charge in [-0.25, -0.2) is 9.18 Å². The van der Waals surface area contributed by atoms with E-state index in [4.69, 9.17) is 5.11 Å². The largest absolute Gasteiger partial charge is 0.478 e. The lowest BCUT2D eigenvalue weighted by atomic mass is 10.0. The van der Waals surface area contributed by atoms with Crippen molar-refractivity contribution in [2.45, 2.75) is 19.1 Å². The Morgan fingerprint density at radius 2 is 1.84 bits per heavy atom. The monoisotopic (exact) mass is 267 g/mol. The molecule has 0 aliphatic heterocycles. The minimum Gasteiger partial charge on any atom is -0.478 e. The molecule has 102 valence electrons. The average Bonchev–Trinajstić information content (AvgIpc) is 2.36. The number of carbonyl (C=O) groups excluding carboxylic acids is 1. The summed E-state index contributed by atoms with van der Waals surface area (Å²) in [6.07, 6.45) is 0.547. The first kappa shape index (κ1) is 14.8. The molecule has 0 saturated carbocycles. The predicted octanol–water partition coefficient (Wildman–Crippen LogP) is 1.00. The van der Waals surface area contributed by atoms with E-state index < -0.39 is 29.8 Å². The highest BCUT2D eigenvalue weighted by molar-refractivity contribution is 5.94. The molecule has 5 nitrogen and oxygen atoms in total. The summed E-state index contributed by atoms with van der Waals surface area (Å²) in [5.41, 5.74) is 0.455. The molecule has 3 N–H and O–H groups in total. The number of aliphatic hydroxyl groups excluding tert-OH is 1. The Morgan fingerprint density at radius 1 is 1.26 bits per heavy atom. The van der Waals surface area contributed by atoms with E-state index in [0.717, 1.165) is 6.08 Å². The van der Waals surface area contributed by atoms with Crippen LogP contribution in [-0.2, 0) is 9.59 Å². The number of carboxylic acids is 1. The second kappa shape index (κ2) is 6.65. The number of aliphatic carboxylic acids is 1. The van der Waals surface area contributed by atoms with Crippen molar-refractivity contribution < 1.29 is 24.2 Å². The zero-order valence-electron chi connectivity index (χ0n) is 10.2. The van der Waals surface area contributed by atoms with Gasteiger partial charge in [-0.3, -0.25) is 4.79 Å². The molecule has 0 aliphatic carbocycles. The Labute approximate surface area is 109 Å². The number of nitrogens with one attached hydrogen (secondary N) is 1. The van der Waals surface area contributed by atoms with Gasteiger partial charge in [0.05, 0.1) is 12.1 Å². The first-order valence-corrected chi connectivity index (χ1v) is 5.55. The van der Waals surface area contributed by atoms with Crippen LogP contribution in [-0.4, -0.2) is 28.1 Å². The fourth-order valence-electron chi connectivity index (χ4n) is 1.45. The highest BCUT2D eigenvalue weighted by atomic mass is 19.1. The minimum absolute atomic E-state index is 0.419. The molecule has 0 bridgehead atoms. The van der Waals surface area contributed by atoms with E-state index in [0.29, 0.717) is 11.6 Å². The number of hydrogen-bond donors (Lipinski definition) is 3. The maximum atomic E-state index is 12.7. The third kappa shape index (κ3) is 4.89. The number of hydrogen-bond acceptors (Lipinski definition) is 3. The molecule has 0 heterocycles. The second-order valence-electron chi connectivity index (χ2n) is 3.97. The molecule has 1 amide bonds. The number of aliphatic hydroxyl groups is 1. The van der Waals surface area contributed by atoms with Gasteiger partial charge in [0.2, 0.25) is 5.91 Å². The Kier molecular flexibility index (Phi) is 5.20. The number of amides is 1. The first-order chi connectivity index (χ1) is 8.90. The number of halogens is 1. The summed E-state index contributed by atoms with van der Waals surface area (Å²) < 4.78 is 12.7. The van der Waals surface area contributed by atoms with E-state index in [1.165, 1.54) is 24.3 Å². The van der Waals surface area contributed by atoms with Gasteiger partial charge in [-0.05, 0) is 24.6 Å². The third-order valence-electron chi connectivity index (χ3n) is 2.43. The van der Waals surface area contributed by atoms with Crippen LogP contribution in [0.15, 0.2) is 36.4 Å². The average molecular weight is 267 g/mol. The molecule has 0 radical (unpaired) electrons. The molecule has 19 heavy (non-hydrogen) atoms. The lowest BCUT2D eigenvalue weighted by Gasteiger charge is -2.19.